The van der Waals surface area contributed by atoms with E-state index in [1.807, 2.05) is 25.9 Å². The van der Waals surface area contributed by atoms with E-state index in [1.54, 1.807) is 19.1 Å². The lowest BCUT2D eigenvalue weighted by Crippen LogP contribution is -2.33. The number of aromatic nitrogens is 1. The van der Waals surface area contributed by atoms with Crippen molar-refractivity contribution in [2.45, 2.75) is 26.3 Å². The fraction of sp³-hybridized carbons (Fsp3) is 0.421. The number of hydrogen-bond donors (Lipinski definition) is 1. The van der Waals surface area contributed by atoms with Gasteiger partial charge >= 0.3 is 0 Å². The summed E-state index contributed by atoms with van der Waals surface area (Å²) in [5, 5.41) is 11.3. The maximum atomic E-state index is 13.2. The molecule has 1 atom stereocenters. The highest BCUT2D eigenvalue weighted by Gasteiger charge is 2.45. The van der Waals surface area contributed by atoms with Gasteiger partial charge in [0.15, 0.2) is 5.76 Å². The molecule has 1 N–H and O–H groups in total. The van der Waals surface area contributed by atoms with Crippen LogP contribution in [0, 0.1) is 13.8 Å². The van der Waals surface area contributed by atoms with E-state index in [0.717, 1.165) is 11.6 Å². The van der Waals surface area contributed by atoms with Crippen molar-refractivity contribution in [3.05, 3.63) is 51.1 Å². The molecule has 144 valence electrons. The first-order chi connectivity index (χ1) is 12.8. The monoisotopic (exact) mass is 389 g/mol. The molecule has 0 saturated heterocycles. The molecular weight excluding hydrogens is 366 g/mol. The summed E-state index contributed by atoms with van der Waals surface area (Å²) >= 11 is 1.26. The summed E-state index contributed by atoms with van der Waals surface area (Å²) < 4.78 is 5.51. The molecule has 0 spiro atoms. The van der Waals surface area contributed by atoms with Crippen LogP contribution in [0.4, 0.5) is 0 Å². The number of aryl methyl sites for hydroxylation is 2. The molecule has 2 aromatic heterocycles. The Balaban J connectivity index is 1.98. The first kappa shape index (κ1) is 19.3. The number of thiazole rings is 1. The number of carbonyl (C=O) groups excluding carboxylic acids is 2. The molecule has 3 heterocycles. The van der Waals surface area contributed by atoms with Crippen LogP contribution in [0.15, 0.2) is 34.1 Å². The summed E-state index contributed by atoms with van der Waals surface area (Å²) in [6.45, 7) is 4.76. The lowest BCUT2D eigenvalue weighted by molar-refractivity contribution is -0.129. The average Bonchev–Trinajstić information content (AvgIpc) is 3.29. The van der Waals surface area contributed by atoms with E-state index in [4.69, 9.17) is 4.42 Å². The van der Waals surface area contributed by atoms with Crippen molar-refractivity contribution in [2.75, 3.05) is 27.2 Å². The maximum Gasteiger partial charge on any atom is 0.290 e. The van der Waals surface area contributed by atoms with Gasteiger partial charge in [-0.15, -0.1) is 11.3 Å². The van der Waals surface area contributed by atoms with Gasteiger partial charge in [-0.2, -0.15) is 0 Å². The number of aliphatic hydroxyl groups excluding tert-OH is 1. The Morgan fingerprint density at radius 1 is 1.41 bits per heavy atom. The largest absolute Gasteiger partial charge is 0.503 e. The number of hydrogen-bond acceptors (Lipinski definition) is 7. The van der Waals surface area contributed by atoms with E-state index in [1.165, 1.54) is 22.5 Å². The summed E-state index contributed by atoms with van der Waals surface area (Å²) in [6.07, 6.45) is 2.21. The van der Waals surface area contributed by atoms with E-state index >= 15 is 0 Å². The zero-order valence-corrected chi connectivity index (χ0v) is 16.7. The average molecular weight is 389 g/mol. The van der Waals surface area contributed by atoms with Gasteiger partial charge in [-0.1, -0.05) is 0 Å². The van der Waals surface area contributed by atoms with Gasteiger partial charge in [0, 0.05) is 6.54 Å². The summed E-state index contributed by atoms with van der Waals surface area (Å²) in [6, 6.07) is 2.69. The molecule has 7 nitrogen and oxygen atoms in total. The molecule has 1 aliphatic heterocycles. The topological polar surface area (TPSA) is 86.9 Å². The molecule has 27 heavy (non-hydrogen) atoms. The molecule has 0 aliphatic carbocycles. The second kappa shape index (κ2) is 7.66. The standard InChI is InChI=1S/C19H23N3O4S/c1-11-18(27-12(2)20-11)16(23)14-15(13-7-5-10-26-13)22(19(25)17(14)24)9-6-8-21(3)4/h5,7,10,15,24H,6,8-9H2,1-4H3/t15-/m0/s1. The Hall–Kier alpha value is -2.45. The number of rotatable bonds is 7. The van der Waals surface area contributed by atoms with Crippen LogP contribution < -0.4 is 0 Å². The van der Waals surface area contributed by atoms with Crippen molar-refractivity contribution in [1.82, 2.24) is 14.8 Å². The molecule has 0 bridgehead atoms. The normalized spacial score (nSPS) is 17.4. The fourth-order valence-corrected chi connectivity index (χ4v) is 4.15. The highest BCUT2D eigenvalue weighted by atomic mass is 32.1. The quantitative estimate of drug-likeness (QED) is 0.733. The van der Waals surface area contributed by atoms with E-state index in [9.17, 15) is 14.7 Å². The second-order valence-corrected chi connectivity index (χ2v) is 8.02. The van der Waals surface area contributed by atoms with Crippen molar-refractivity contribution < 1.29 is 19.1 Å². The number of amides is 1. The minimum Gasteiger partial charge on any atom is -0.503 e. The van der Waals surface area contributed by atoms with Crippen LogP contribution in [0.3, 0.4) is 0 Å². The number of furan rings is 1. The van der Waals surface area contributed by atoms with Crippen LogP contribution in [0.25, 0.3) is 0 Å². The van der Waals surface area contributed by atoms with Crippen molar-refractivity contribution >= 4 is 23.0 Å². The van der Waals surface area contributed by atoms with E-state index in [0.29, 0.717) is 29.3 Å². The minimum absolute atomic E-state index is 0.0616. The lowest BCUT2D eigenvalue weighted by Gasteiger charge is -2.25. The van der Waals surface area contributed by atoms with Gasteiger partial charge in [-0.05, 0) is 53.0 Å². The number of nitrogens with zero attached hydrogens (tertiary/aromatic N) is 3. The lowest BCUT2D eigenvalue weighted by atomic mass is 9.99. The highest BCUT2D eigenvalue weighted by Crippen LogP contribution is 2.40. The number of carbonyl (C=O) groups is 2. The van der Waals surface area contributed by atoms with Gasteiger partial charge in [0.2, 0.25) is 5.78 Å². The summed E-state index contributed by atoms with van der Waals surface area (Å²) in [4.78, 5) is 34.2. The maximum absolute atomic E-state index is 13.2. The Labute approximate surface area is 161 Å². The third-order valence-corrected chi connectivity index (χ3v) is 5.55. The van der Waals surface area contributed by atoms with Gasteiger partial charge in [-0.25, -0.2) is 4.98 Å². The summed E-state index contributed by atoms with van der Waals surface area (Å²) in [7, 11) is 3.91. The number of ketones is 1. The first-order valence-corrected chi connectivity index (χ1v) is 9.54. The minimum atomic E-state index is -0.732. The summed E-state index contributed by atoms with van der Waals surface area (Å²) in [5.74, 6) is -0.964. The molecule has 0 radical (unpaired) electrons. The molecule has 0 saturated carbocycles. The van der Waals surface area contributed by atoms with Crippen LogP contribution in [-0.4, -0.2) is 58.8 Å². The van der Waals surface area contributed by atoms with Crippen molar-refractivity contribution in [3.63, 3.8) is 0 Å². The van der Waals surface area contributed by atoms with Crippen LogP contribution in [0.5, 0.6) is 0 Å². The van der Waals surface area contributed by atoms with Crippen molar-refractivity contribution in [1.29, 1.82) is 0 Å². The molecule has 1 amide bonds. The predicted octanol–water partition coefficient (Wildman–Crippen LogP) is 2.88. The third kappa shape index (κ3) is 3.68. The van der Waals surface area contributed by atoms with Gasteiger partial charge in [0.05, 0.1) is 27.4 Å². The molecule has 0 unspecified atom stereocenters. The Kier molecular flexibility index (Phi) is 5.48. The molecule has 3 rings (SSSR count). The molecule has 2 aromatic rings. The fourth-order valence-electron chi connectivity index (χ4n) is 3.28. The van der Waals surface area contributed by atoms with E-state index < -0.39 is 17.7 Å². The van der Waals surface area contributed by atoms with Crippen LogP contribution in [0.2, 0.25) is 0 Å². The van der Waals surface area contributed by atoms with Gasteiger partial charge < -0.3 is 19.3 Å². The molecule has 0 fully saturated rings. The number of Topliss-reactive ketones (excluding diaryl/α,β-unsaturated/α-hetero) is 1. The first-order valence-electron chi connectivity index (χ1n) is 8.72. The molecule has 8 heteroatoms. The van der Waals surface area contributed by atoms with Crippen LogP contribution >= 0.6 is 11.3 Å². The van der Waals surface area contributed by atoms with Crippen molar-refractivity contribution in [3.8, 4) is 0 Å². The van der Waals surface area contributed by atoms with Crippen LogP contribution in [0.1, 0.15) is 38.6 Å². The van der Waals surface area contributed by atoms with Gasteiger partial charge in [0.1, 0.15) is 11.8 Å². The highest BCUT2D eigenvalue weighted by molar-refractivity contribution is 7.14. The smallest absolute Gasteiger partial charge is 0.290 e. The molecular formula is C19H23N3O4S. The van der Waals surface area contributed by atoms with Crippen LogP contribution in [-0.2, 0) is 4.79 Å². The zero-order chi connectivity index (χ0) is 19.7. The second-order valence-electron chi connectivity index (χ2n) is 6.81. The SMILES string of the molecule is Cc1nc(C)c(C(=O)C2=C(O)C(=O)N(CCCN(C)C)[C@H]2c2ccco2)s1. The van der Waals surface area contributed by atoms with Crippen molar-refractivity contribution in [2.24, 2.45) is 0 Å². The van der Waals surface area contributed by atoms with E-state index in [2.05, 4.69) is 4.98 Å². The molecule has 1 aliphatic rings. The van der Waals surface area contributed by atoms with E-state index in [-0.39, 0.29) is 11.4 Å². The Bertz CT molecular complexity index is 883. The Morgan fingerprint density at radius 2 is 2.15 bits per heavy atom. The van der Waals surface area contributed by atoms with Gasteiger partial charge in [-0.3, -0.25) is 9.59 Å². The number of aliphatic hydroxyl groups is 1. The van der Waals surface area contributed by atoms with Gasteiger partial charge in [0.25, 0.3) is 5.91 Å². The zero-order valence-electron chi connectivity index (χ0n) is 15.9. The summed E-state index contributed by atoms with van der Waals surface area (Å²) in [5.41, 5.74) is 0.658. The Morgan fingerprint density at radius 3 is 2.70 bits per heavy atom. The molecule has 0 aromatic carbocycles. The third-order valence-electron chi connectivity index (χ3n) is 4.48. The predicted molar refractivity (Wildman–Crippen MR) is 102 cm³/mol.